The lowest BCUT2D eigenvalue weighted by molar-refractivity contribution is -0.384. The molecule has 128 valence electrons. The fourth-order valence-electron chi connectivity index (χ4n) is 2.83. The van der Waals surface area contributed by atoms with Gasteiger partial charge in [0, 0.05) is 30.6 Å². The Morgan fingerprint density at radius 1 is 1.00 bits per heavy atom. The summed E-state index contributed by atoms with van der Waals surface area (Å²) in [5.41, 5.74) is 1.16. The van der Waals surface area contributed by atoms with E-state index in [0.29, 0.717) is 28.1 Å². The van der Waals surface area contributed by atoms with E-state index in [2.05, 4.69) is 0 Å². The first kappa shape index (κ1) is 16.5. The van der Waals surface area contributed by atoms with Crippen LogP contribution < -0.4 is 15.0 Å². The van der Waals surface area contributed by atoms with Gasteiger partial charge >= 0.3 is 0 Å². The van der Waals surface area contributed by atoms with Gasteiger partial charge in [0.05, 0.1) is 24.8 Å². The van der Waals surface area contributed by atoms with Gasteiger partial charge in [0.25, 0.3) is 11.2 Å². The Kier molecular flexibility index (Phi) is 4.14. The summed E-state index contributed by atoms with van der Waals surface area (Å²) in [5.74, 6) is 1.06. The molecule has 0 fully saturated rings. The number of nitrogens with zero attached hydrogens (tertiary/aromatic N) is 2. The van der Waals surface area contributed by atoms with Gasteiger partial charge in [-0.2, -0.15) is 0 Å². The monoisotopic (exact) mass is 340 g/mol. The lowest BCUT2D eigenvalue weighted by Crippen LogP contribution is -2.17. The van der Waals surface area contributed by atoms with Gasteiger partial charge in [0.2, 0.25) is 0 Å². The number of aromatic nitrogens is 1. The molecule has 0 atom stereocenters. The Bertz CT molecular complexity index is 1020. The standard InChI is InChI=1S/C18H16N2O5/c1-19-17(21)9-12-8-15(24-2)16(25-3)10-14(12)18(19)11-4-6-13(7-5-11)20(22)23/h4-10H,1-3H3. The number of pyridine rings is 1. The van der Waals surface area contributed by atoms with Crippen molar-refractivity contribution < 1.29 is 14.4 Å². The van der Waals surface area contributed by atoms with E-state index in [-0.39, 0.29) is 11.2 Å². The SMILES string of the molecule is COc1cc2cc(=O)n(C)c(-c3ccc([N+](=O)[O-])cc3)c2cc1OC. The zero-order valence-electron chi connectivity index (χ0n) is 14.0. The molecule has 0 saturated heterocycles. The molecule has 0 amide bonds. The Labute approximate surface area is 143 Å². The molecule has 2 aromatic carbocycles. The highest BCUT2D eigenvalue weighted by molar-refractivity contribution is 5.97. The van der Waals surface area contributed by atoms with Crippen molar-refractivity contribution in [2.24, 2.45) is 7.05 Å². The van der Waals surface area contributed by atoms with Crippen LogP contribution in [0, 0.1) is 10.1 Å². The molecule has 0 N–H and O–H groups in total. The third-order valence-electron chi connectivity index (χ3n) is 4.11. The summed E-state index contributed by atoms with van der Waals surface area (Å²) >= 11 is 0. The van der Waals surface area contributed by atoms with Crippen LogP contribution in [0.1, 0.15) is 0 Å². The van der Waals surface area contributed by atoms with Crippen molar-refractivity contribution in [3.8, 4) is 22.8 Å². The summed E-state index contributed by atoms with van der Waals surface area (Å²) in [5, 5.41) is 12.3. The second kappa shape index (κ2) is 6.27. The molecule has 1 aromatic heterocycles. The average Bonchev–Trinajstić information content (AvgIpc) is 2.62. The molecule has 0 aliphatic carbocycles. The van der Waals surface area contributed by atoms with Crippen molar-refractivity contribution >= 4 is 16.5 Å². The van der Waals surface area contributed by atoms with Crippen molar-refractivity contribution in [1.29, 1.82) is 0 Å². The van der Waals surface area contributed by atoms with Gasteiger partial charge in [-0.3, -0.25) is 14.9 Å². The topological polar surface area (TPSA) is 83.6 Å². The van der Waals surface area contributed by atoms with E-state index in [1.54, 1.807) is 31.3 Å². The van der Waals surface area contributed by atoms with Crippen molar-refractivity contribution in [3.63, 3.8) is 0 Å². The summed E-state index contributed by atoms with van der Waals surface area (Å²) in [6, 6.07) is 11.1. The summed E-state index contributed by atoms with van der Waals surface area (Å²) < 4.78 is 12.2. The largest absolute Gasteiger partial charge is 0.493 e. The maximum atomic E-state index is 12.3. The van der Waals surface area contributed by atoms with Crippen LogP contribution in [0.3, 0.4) is 0 Å². The van der Waals surface area contributed by atoms with Gasteiger partial charge in [0.15, 0.2) is 11.5 Å². The van der Waals surface area contributed by atoms with Crippen molar-refractivity contribution in [1.82, 2.24) is 4.57 Å². The number of ether oxygens (including phenoxy) is 2. The second-order valence-corrected chi connectivity index (χ2v) is 5.49. The molecule has 0 aliphatic heterocycles. The molecule has 0 bridgehead atoms. The number of nitro benzene ring substituents is 1. The summed E-state index contributed by atoms with van der Waals surface area (Å²) in [6.07, 6.45) is 0. The summed E-state index contributed by atoms with van der Waals surface area (Å²) in [4.78, 5) is 22.7. The number of non-ortho nitro benzene ring substituents is 1. The van der Waals surface area contributed by atoms with Crippen LogP contribution >= 0.6 is 0 Å². The molecule has 1 heterocycles. The van der Waals surface area contributed by atoms with E-state index in [4.69, 9.17) is 9.47 Å². The Morgan fingerprint density at radius 3 is 2.16 bits per heavy atom. The normalized spacial score (nSPS) is 10.7. The van der Waals surface area contributed by atoms with Crippen LogP contribution in [0.4, 0.5) is 5.69 Å². The molecule has 0 radical (unpaired) electrons. The van der Waals surface area contributed by atoms with E-state index in [9.17, 15) is 14.9 Å². The van der Waals surface area contributed by atoms with Crippen LogP contribution in [-0.4, -0.2) is 23.7 Å². The number of rotatable bonds is 4. The lowest BCUT2D eigenvalue weighted by Gasteiger charge is -2.15. The van der Waals surface area contributed by atoms with Crippen molar-refractivity contribution in [2.45, 2.75) is 0 Å². The first-order valence-corrected chi connectivity index (χ1v) is 7.47. The number of nitro groups is 1. The minimum absolute atomic E-state index is 0.00626. The molecule has 0 unspecified atom stereocenters. The quantitative estimate of drug-likeness (QED) is 0.538. The van der Waals surface area contributed by atoms with Crippen molar-refractivity contribution in [2.75, 3.05) is 14.2 Å². The van der Waals surface area contributed by atoms with Crippen LogP contribution in [-0.2, 0) is 7.05 Å². The van der Waals surface area contributed by atoms with Gasteiger partial charge < -0.3 is 14.0 Å². The van der Waals surface area contributed by atoms with Gasteiger partial charge in [0.1, 0.15) is 0 Å². The van der Waals surface area contributed by atoms with E-state index in [0.717, 1.165) is 5.39 Å². The Hall–Kier alpha value is -3.35. The first-order valence-electron chi connectivity index (χ1n) is 7.47. The van der Waals surface area contributed by atoms with Crippen LogP contribution in [0.5, 0.6) is 11.5 Å². The molecule has 0 aliphatic rings. The number of fused-ring (bicyclic) bond motifs is 1. The zero-order chi connectivity index (χ0) is 18.1. The third kappa shape index (κ3) is 2.80. The number of methoxy groups -OCH3 is 2. The van der Waals surface area contributed by atoms with Crippen LogP contribution in [0.15, 0.2) is 47.3 Å². The number of hydrogen-bond donors (Lipinski definition) is 0. The third-order valence-corrected chi connectivity index (χ3v) is 4.11. The molecule has 3 aromatic rings. The summed E-state index contributed by atoms with van der Waals surface area (Å²) in [6.45, 7) is 0. The minimum Gasteiger partial charge on any atom is -0.493 e. The highest BCUT2D eigenvalue weighted by Crippen LogP contribution is 2.36. The van der Waals surface area contributed by atoms with Crippen molar-refractivity contribution in [3.05, 3.63) is 62.9 Å². The fourth-order valence-corrected chi connectivity index (χ4v) is 2.83. The lowest BCUT2D eigenvalue weighted by atomic mass is 10.0. The molecule has 7 nitrogen and oxygen atoms in total. The van der Waals surface area contributed by atoms with E-state index in [1.165, 1.54) is 37.0 Å². The van der Waals surface area contributed by atoms with Gasteiger partial charge in [-0.25, -0.2) is 0 Å². The fraction of sp³-hybridized carbons (Fsp3) is 0.167. The molecular weight excluding hydrogens is 324 g/mol. The maximum Gasteiger partial charge on any atom is 0.269 e. The van der Waals surface area contributed by atoms with Crippen LogP contribution in [0.2, 0.25) is 0 Å². The molecule has 0 saturated carbocycles. The molecule has 25 heavy (non-hydrogen) atoms. The smallest absolute Gasteiger partial charge is 0.269 e. The maximum absolute atomic E-state index is 12.3. The highest BCUT2D eigenvalue weighted by Gasteiger charge is 2.15. The first-order chi connectivity index (χ1) is 12.0. The van der Waals surface area contributed by atoms with Gasteiger partial charge in [-0.1, -0.05) is 0 Å². The van der Waals surface area contributed by atoms with Crippen LogP contribution in [0.25, 0.3) is 22.0 Å². The van der Waals surface area contributed by atoms with E-state index in [1.807, 2.05) is 0 Å². The molecular formula is C18H16N2O5. The average molecular weight is 340 g/mol. The molecule has 3 rings (SSSR count). The molecule has 0 spiro atoms. The zero-order valence-corrected chi connectivity index (χ0v) is 14.0. The van der Waals surface area contributed by atoms with Gasteiger partial charge in [-0.15, -0.1) is 0 Å². The van der Waals surface area contributed by atoms with E-state index >= 15 is 0 Å². The van der Waals surface area contributed by atoms with Gasteiger partial charge in [-0.05, 0) is 35.2 Å². The minimum atomic E-state index is -0.459. The summed E-state index contributed by atoms with van der Waals surface area (Å²) in [7, 11) is 4.73. The molecule has 7 heteroatoms. The Balaban J connectivity index is 2.34. The predicted molar refractivity (Wildman–Crippen MR) is 94.4 cm³/mol. The number of hydrogen-bond acceptors (Lipinski definition) is 5. The second-order valence-electron chi connectivity index (χ2n) is 5.49. The predicted octanol–water partition coefficient (Wildman–Crippen LogP) is 3.13. The Morgan fingerprint density at radius 2 is 1.60 bits per heavy atom. The highest BCUT2D eigenvalue weighted by atomic mass is 16.6. The number of benzene rings is 2. The van der Waals surface area contributed by atoms with E-state index < -0.39 is 4.92 Å².